The molecule has 1 atom stereocenters. The quantitative estimate of drug-likeness (QED) is 0.444. The second kappa shape index (κ2) is 3.67. The molecule has 11 heavy (non-hydrogen) atoms. The van der Waals surface area contributed by atoms with Gasteiger partial charge in [0.2, 0.25) is 0 Å². The summed E-state index contributed by atoms with van der Waals surface area (Å²) in [6.45, 7) is 3.95. The van der Waals surface area contributed by atoms with Gasteiger partial charge in [0.1, 0.15) is 0 Å². The fourth-order valence-corrected chi connectivity index (χ4v) is 1.58. The van der Waals surface area contributed by atoms with Crippen LogP contribution in [0.25, 0.3) is 0 Å². The summed E-state index contributed by atoms with van der Waals surface area (Å²) in [5, 5.41) is 10.1. The van der Waals surface area contributed by atoms with E-state index in [4.69, 9.17) is 0 Å². The lowest BCUT2D eigenvalue weighted by molar-refractivity contribution is -0.505. The maximum Gasteiger partial charge on any atom is 0.259 e. The molecule has 0 radical (unpaired) electrons. The first-order valence-corrected chi connectivity index (χ1v) is 4.02. The first-order chi connectivity index (χ1) is 5.18. The summed E-state index contributed by atoms with van der Waals surface area (Å²) in [6, 6.07) is 0. The predicted molar refractivity (Wildman–Crippen MR) is 41.8 cm³/mol. The molecule has 0 amide bonds. The Morgan fingerprint density at radius 1 is 1.73 bits per heavy atom. The Bertz CT molecular complexity index is 149. The Hall–Kier alpha value is -0.640. The van der Waals surface area contributed by atoms with E-state index < -0.39 is 0 Å². The number of nitro groups is 1. The highest BCUT2D eigenvalue weighted by Gasteiger charge is 2.18. The van der Waals surface area contributed by atoms with Crippen LogP contribution in [0.4, 0.5) is 0 Å². The molecule has 1 aliphatic heterocycles. The van der Waals surface area contributed by atoms with Gasteiger partial charge in [-0.25, -0.2) is 4.90 Å². The molecule has 1 rings (SSSR count). The molecule has 0 aromatic carbocycles. The average Bonchev–Trinajstić information content (AvgIpc) is 1.85. The van der Waals surface area contributed by atoms with E-state index in [-0.39, 0.29) is 11.6 Å². The molecule has 0 aromatic rings. The topological polar surface area (TPSA) is 46.4 Å². The summed E-state index contributed by atoms with van der Waals surface area (Å²) in [4.78, 5) is 11.8. The Labute approximate surface area is 66.3 Å². The van der Waals surface area contributed by atoms with Crippen molar-refractivity contribution >= 4 is 0 Å². The molecular weight excluding hydrogens is 144 g/mol. The van der Waals surface area contributed by atoms with Crippen molar-refractivity contribution in [2.24, 2.45) is 5.92 Å². The van der Waals surface area contributed by atoms with E-state index in [9.17, 15) is 10.1 Å². The molecule has 0 N–H and O–H groups in total. The highest BCUT2D eigenvalue weighted by Crippen LogP contribution is 2.14. The van der Waals surface area contributed by atoms with Gasteiger partial charge in [-0.3, -0.25) is 10.1 Å². The van der Waals surface area contributed by atoms with Gasteiger partial charge in [0.25, 0.3) is 6.67 Å². The van der Waals surface area contributed by atoms with E-state index in [1.54, 1.807) is 0 Å². The van der Waals surface area contributed by atoms with Crippen molar-refractivity contribution in [2.75, 3.05) is 19.8 Å². The molecule has 64 valence electrons. The minimum absolute atomic E-state index is 0.0182. The van der Waals surface area contributed by atoms with Crippen molar-refractivity contribution in [3.63, 3.8) is 0 Å². The van der Waals surface area contributed by atoms with Crippen LogP contribution in [0.15, 0.2) is 0 Å². The van der Waals surface area contributed by atoms with Crippen LogP contribution in [0.2, 0.25) is 0 Å². The smallest absolute Gasteiger partial charge is 0.259 e. The Balaban J connectivity index is 2.28. The maximum atomic E-state index is 10.1. The molecule has 1 fully saturated rings. The van der Waals surface area contributed by atoms with Crippen LogP contribution in [0, 0.1) is 16.0 Å². The van der Waals surface area contributed by atoms with Gasteiger partial charge in [0.15, 0.2) is 0 Å². The van der Waals surface area contributed by atoms with Gasteiger partial charge in [-0.2, -0.15) is 0 Å². The van der Waals surface area contributed by atoms with Crippen LogP contribution >= 0.6 is 0 Å². The van der Waals surface area contributed by atoms with Crippen LogP contribution in [-0.2, 0) is 0 Å². The van der Waals surface area contributed by atoms with E-state index in [0.29, 0.717) is 5.92 Å². The van der Waals surface area contributed by atoms with Crippen LogP contribution in [-0.4, -0.2) is 29.6 Å². The van der Waals surface area contributed by atoms with E-state index in [1.807, 2.05) is 4.90 Å². The Morgan fingerprint density at radius 2 is 2.45 bits per heavy atom. The third kappa shape index (κ3) is 2.84. The molecular formula is C7H14N2O2. The molecule has 0 aromatic heterocycles. The third-order valence-corrected chi connectivity index (χ3v) is 2.06. The van der Waals surface area contributed by atoms with E-state index in [2.05, 4.69) is 6.92 Å². The maximum absolute atomic E-state index is 10.1. The minimum atomic E-state index is -0.252. The summed E-state index contributed by atoms with van der Waals surface area (Å²) < 4.78 is 0. The van der Waals surface area contributed by atoms with E-state index in [1.165, 1.54) is 6.42 Å². The fraction of sp³-hybridized carbons (Fsp3) is 1.00. The zero-order chi connectivity index (χ0) is 8.27. The van der Waals surface area contributed by atoms with Crippen molar-refractivity contribution in [1.29, 1.82) is 0 Å². The number of hydrogen-bond donors (Lipinski definition) is 0. The summed E-state index contributed by atoms with van der Waals surface area (Å²) in [5.74, 6) is 0.628. The normalized spacial score (nSPS) is 26.8. The number of rotatable bonds is 2. The lowest BCUT2D eigenvalue weighted by atomic mass is 10.0. The van der Waals surface area contributed by atoms with Crippen molar-refractivity contribution < 1.29 is 4.92 Å². The van der Waals surface area contributed by atoms with E-state index >= 15 is 0 Å². The first kappa shape index (κ1) is 8.46. The molecule has 1 unspecified atom stereocenters. The van der Waals surface area contributed by atoms with Crippen molar-refractivity contribution in [3.8, 4) is 0 Å². The highest BCUT2D eigenvalue weighted by atomic mass is 16.6. The van der Waals surface area contributed by atoms with Gasteiger partial charge in [0, 0.05) is 18.0 Å². The van der Waals surface area contributed by atoms with Gasteiger partial charge in [-0.1, -0.05) is 6.92 Å². The number of nitrogens with zero attached hydrogens (tertiary/aromatic N) is 2. The van der Waals surface area contributed by atoms with Crippen molar-refractivity contribution in [1.82, 2.24) is 4.90 Å². The monoisotopic (exact) mass is 158 g/mol. The molecule has 1 heterocycles. The molecule has 4 heteroatoms. The second-order valence-electron chi connectivity index (χ2n) is 3.30. The lowest BCUT2D eigenvalue weighted by Gasteiger charge is -2.27. The summed E-state index contributed by atoms with van der Waals surface area (Å²) in [7, 11) is 0. The second-order valence-corrected chi connectivity index (χ2v) is 3.30. The van der Waals surface area contributed by atoms with Crippen molar-refractivity contribution in [2.45, 2.75) is 19.8 Å². The zero-order valence-electron chi connectivity index (χ0n) is 6.82. The van der Waals surface area contributed by atoms with Crippen molar-refractivity contribution in [3.05, 3.63) is 10.1 Å². The third-order valence-electron chi connectivity index (χ3n) is 2.06. The number of likely N-dealkylation sites (tertiary alicyclic amines) is 1. The van der Waals surface area contributed by atoms with Gasteiger partial charge in [0.05, 0.1) is 0 Å². The fourth-order valence-electron chi connectivity index (χ4n) is 1.58. The molecule has 0 saturated carbocycles. The largest absolute Gasteiger partial charge is 0.263 e. The molecule has 0 bridgehead atoms. The number of hydrogen-bond acceptors (Lipinski definition) is 3. The lowest BCUT2D eigenvalue weighted by Crippen LogP contribution is -2.37. The molecule has 0 aliphatic carbocycles. The average molecular weight is 158 g/mol. The van der Waals surface area contributed by atoms with Crippen LogP contribution in [0.1, 0.15) is 19.8 Å². The van der Waals surface area contributed by atoms with Gasteiger partial charge < -0.3 is 0 Å². The van der Waals surface area contributed by atoms with Crippen LogP contribution in [0.3, 0.4) is 0 Å². The number of piperidine rings is 1. The Morgan fingerprint density at radius 3 is 3.00 bits per heavy atom. The van der Waals surface area contributed by atoms with Crippen LogP contribution < -0.4 is 0 Å². The molecule has 1 saturated heterocycles. The summed E-state index contributed by atoms with van der Waals surface area (Å²) >= 11 is 0. The summed E-state index contributed by atoms with van der Waals surface area (Å²) in [6.07, 6.45) is 2.32. The summed E-state index contributed by atoms with van der Waals surface area (Å²) in [5.41, 5.74) is 0. The minimum Gasteiger partial charge on any atom is -0.263 e. The van der Waals surface area contributed by atoms with Gasteiger partial charge in [-0.05, 0) is 18.8 Å². The van der Waals surface area contributed by atoms with Gasteiger partial charge >= 0.3 is 0 Å². The standard InChI is InChI=1S/C7H14N2O2/c1-7-3-2-4-8(5-7)6-9(10)11/h7H,2-6H2,1H3. The zero-order valence-corrected chi connectivity index (χ0v) is 6.82. The molecule has 0 spiro atoms. The molecule has 4 nitrogen and oxygen atoms in total. The highest BCUT2D eigenvalue weighted by molar-refractivity contribution is 4.66. The van der Waals surface area contributed by atoms with Crippen LogP contribution in [0.5, 0.6) is 0 Å². The van der Waals surface area contributed by atoms with E-state index in [0.717, 1.165) is 19.5 Å². The van der Waals surface area contributed by atoms with Gasteiger partial charge in [-0.15, -0.1) is 0 Å². The molecule has 1 aliphatic rings. The first-order valence-electron chi connectivity index (χ1n) is 4.02. The Kier molecular flexibility index (Phi) is 2.82. The predicted octanol–water partition coefficient (Wildman–Crippen LogP) is 0.952. The SMILES string of the molecule is CC1CCCN(C[N+](=O)[O-])C1.